The van der Waals surface area contributed by atoms with Gasteiger partial charge in [0.1, 0.15) is 5.02 Å². The summed E-state index contributed by atoms with van der Waals surface area (Å²) in [4.78, 5) is 17.7. The average Bonchev–Trinajstić information content (AvgIpc) is 3.55. The minimum atomic E-state index is -4.74. The van der Waals surface area contributed by atoms with Crippen LogP contribution in [0, 0.1) is 6.92 Å². The summed E-state index contributed by atoms with van der Waals surface area (Å²) in [6, 6.07) is 12.1. The van der Waals surface area contributed by atoms with Gasteiger partial charge in [-0.2, -0.15) is 23.4 Å². The summed E-state index contributed by atoms with van der Waals surface area (Å²) < 4.78 is 43.6. The number of nitrogens with zero attached hydrogens (tertiary/aromatic N) is 5. The van der Waals surface area contributed by atoms with Crippen molar-refractivity contribution in [1.29, 1.82) is 0 Å². The van der Waals surface area contributed by atoms with Gasteiger partial charge in [0.05, 0.1) is 29.0 Å². The first-order chi connectivity index (χ1) is 16.7. The van der Waals surface area contributed by atoms with Crippen LogP contribution in [-0.2, 0) is 12.7 Å². The number of carbonyl (C=O) groups excluding carboxylic acids is 1. The lowest BCUT2D eigenvalue weighted by Crippen LogP contribution is -2.15. The normalized spacial score (nSPS) is 11.8. The summed E-state index contributed by atoms with van der Waals surface area (Å²) in [6.45, 7) is 2.47. The molecule has 0 saturated carbocycles. The van der Waals surface area contributed by atoms with Crippen LogP contribution >= 0.6 is 22.9 Å². The number of rotatable bonds is 5. The zero-order chi connectivity index (χ0) is 24.7. The molecule has 4 heterocycles. The lowest BCUT2D eigenvalue weighted by atomic mass is 10.1. The van der Waals surface area contributed by atoms with Gasteiger partial charge in [0.15, 0.2) is 17.0 Å². The molecule has 1 aromatic carbocycles. The van der Waals surface area contributed by atoms with Gasteiger partial charge in [-0.25, -0.2) is 9.50 Å². The third-order valence-electron chi connectivity index (χ3n) is 5.30. The van der Waals surface area contributed by atoms with Gasteiger partial charge in [0, 0.05) is 6.20 Å². The molecule has 5 rings (SSSR count). The monoisotopic (exact) mass is 516 g/mol. The molecular formula is C23H16ClF3N6OS. The van der Waals surface area contributed by atoms with Crippen LogP contribution in [0.3, 0.4) is 0 Å². The van der Waals surface area contributed by atoms with E-state index in [1.165, 1.54) is 17.5 Å². The van der Waals surface area contributed by atoms with Crippen LogP contribution in [0.2, 0.25) is 5.02 Å². The zero-order valence-electron chi connectivity index (χ0n) is 18.0. The number of hydrogen-bond donors (Lipinski definition) is 1. The minimum Gasteiger partial charge on any atom is -0.318 e. The van der Waals surface area contributed by atoms with Crippen LogP contribution in [-0.4, -0.2) is 30.3 Å². The number of nitrogens with one attached hydrogen (secondary N) is 1. The Morgan fingerprint density at radius 2 is 2.00 bits per heavy atom. The smallest absolute Gasteiger partial charge is 0.318 e. The van der Waals surface area contributed by atoms with E-state index < -0.39 is 17.8 Å². The largest absolute Gasteiger partial charge is 0.433 e. The molecule has 7 nitrogen and oxygen atoms in total. The van der Waals surface area contributed by atoms with Crippen molar-refractivity contribution in [3.05, 3.63) is 87.8 Å². The van der Waals surface area contributed by atoms with E-state index in [0.717, 1.165) is 17.2 Å². The summed E-state index contributed by atoms with van der Waals surface area (Å²) in [7, 11) is 0. The number of fused-ring (bicyclic) bond motifs is 1. The number of amides is 1. The minimum absolute atomic E-state index is 0.0889. The van der Waals surface area contributed by atoms with Gasteiger partial charge in [0.2, 0.25) is 0 Å². The van der Waals surface area contributed by atoms with Crippen LogP contribution in [0.25, 0.3) is 16.2 Å². The molecule has 0 radical (unpaired) electrons. The molecule has 0 unspecified atom stereocenters. The summed E-state index contributed by atoms with van der Waals surface area (Å²) in [5.74, 6) is -0.776. The molecule has 12 heteroatoms. The lowest BCUT2D eigenvalue weighted by molar-refractivity contribution is -0.142. The van der Waals surface area contributed by atoms with E-state index in [1.54, 1.807) is 28.4 Å². The average molecular weight is 517 g/mol. The van der Waals surface area contributed by atoms with Crippen LogP contribution in [0.15, 0.2) is 60.2 Å². The van der Waals surface area contributed by atoms with E-state index in [-0.39, 0.29) is 22.1 Å². The Hall–Kier alpha value is -3.70. The Morgan fingerprint density at radius 1 is 1.20 bits per heavy atom. The van der Waals surface area contributed by atoms with E-state index in [2.05, 4.69) is 20.5 Å². The predicted molar refractivity (Wildman–Crippen MR) is 127 cm³/mol. The summed E-state index contributed by atoms with van der Waals surface area (Å²) >= 11 is 7.55. The number of benzene rings is 1. The number of hydrogen-bond acceptors (Lipinski definition) is 5. The Morgan fingerprint density at radius 3 is 2.71 bits per heavy atom. The topological polar surface area (TPSA) is 77.1 Å². The fourth-order valence-electron chi connectivity index (χ4n) is 3.56. The highest BCUT2D eigenvalue weighted by atomic mass is 35.5. The van der Waals surface area contributed by atoms with Crippen LogP contribution in [0.1, 0.15) is 27.3 Å². The zero-order valence-corrected chi connectivity index (χ0v) is 19.6. The molecule has 0 saturated heterocycles. The van der Waals surface area contributed by atoms with Crippen LogP contribution < -0.4 is 5.32 Å². The number of aryl methyl sites for hydroxylation is 1. The van der Waals surface area contributed by atoms with Gasteiger partial charge in [-0.15, -0.1) is 11.3 Å². The molecule has 4 aromatic heterocycles. The molecule has 0 aliphatic rings. The molecular weight excluding hydrogens is 501 g/mol. The summed E-state index contributed by atoms with van der Waals surface area (Å²) in [5, 5.41) is 12.1. The quantitative estimate of drug-likeness (QED) is 0.314. The van der Waals surface area contributed by atoms with Crippen LogP contribution in [0.5, 0.6) is 0 Å². The van der Waals surface area contributed by atoms with Gasteiger partial charge < -0.3 is 5.32 Å². The number of halogens is 4. The second-order valence-electron chi connectivity index (χ2n) is 7.71. The van der Waals surface area contributed by atoms with Gasteiger partial charge in [-0.1, -0.05) is 41.9 Å². The number of carbonyl (C=O) groups is 1. The van der Waals surface area contributed by atoms with E-state index in [1.807, 2.05) is 31.2 Å². The molecule has 0 aliphatic carbocycles. The van der Waals surface area contributed by atoms with Crippen LogP contribution in [0.4, 0.5) is 18.9 Å². The third-order valence-corrected chi connectivity index (χ3v) is 6.54. The van der Waals surface area contributed by atoms with Crippen molar-refractivity contribution in [3.63, 3.8) is 0 Å². The van der Waals surface area contributed by atoms with Crippen molar-refractivity contribution in [2.75, 3.05) is 5.32 Å². The maximum absolute atomic E-state index is 13.8. The van der Waals surface area contributed by atoms with E-state index >= 15 is 0 Å². The van der Waals surface area contributed by atoms with Gasteiger partial charge in [-0.3, -0.25) is 9.48 Å². The molecule has 178 valence electrons. The molecule has 0 fully saturated rings. The summed E-state index contributed by atoms with van der Waals surface area (Å²) in [6.07, 6.45) is -1.69. The van der Waals surface area contributed by atoms with Gasteiger partial charge >= 0.3 is 6.18 Å². The number of anilines is 1. The van der Waals surface area contributed by atoms with E-state index in [4.69, 9.17) is 11.6 Å². The van der Waals surface area contributed by atoms with Crippen molar-refractivity contribution >= 4 is 40.2 Å². The fourth-order valence-corrected chi connectivity index (χ4v) is 4.49. The number of alkyl halides is 3. The van der Waals surface area contributed by atoms with Crippen molar-refractivity contribution < 1.29 is 18.0 Å². The molecule has 1 N–H and O–H groups in total. The third kappa shape index (κ3) is 4.52. The molecule has 0 bridgehead atoms. The Kier molecular flexibility index (Phi) is 5.81. The highest BCUT2D eigenvalue weighted by Gasteiger charge is 2.37. The predicted octanol–water partition coefficient (Wildman–Crippen LogP) is 5.94. The molecule has 1 amide bonds. The second-order valence-corrected chi connectivity index (χ2v) is 9.03. The Labute approximate surface area is 205 Å². The maximum Gasteiger partial charge on any atom is 0.433 e. The first-order valence-electron chi connectivity index (χ1n) is 10.3. The van der Waals surface area contributed by atoms with Gasteiger partial charge in [0.25, 0.3) is 5.91 Å². The first-order valence-corrected chi connectivity index (χ1v) is 11.5. The van der Waals surface area contributed by atoms with Crippen molar-refractivity contribution in [3.8, 4) is 10.6 Å². The fraction of sp³-hybridized carbons (Fsp3) is 0.130. The number of aromatic nitrogens is 5. The Bertz CT molecular complexity index is 1540. The van der Waals surface area contributed by atoms with Crippen molar-refractivity contribution in [1.82, 2.24) is 24.4 Å². The van der Waals surface area contributed by atoms with Crippen molar-refractivity contribution in [2.24, 2.45) is 0 Å². The first kappa shape index (κ1) is 23.1. The maximum atomic E-state index is 13.8. The molecule has 5 aromatic rings. The SMILES string of the molecule is Cc1ccccc1Cn1cc(NC(=O)c2nn3c(C(F)(F)F)cc(-c4cccs4)nc3c2Cl)cn1. The molecule has 35 heavy (non-hydrogen) atoms. The second kappa shape index (κ2) is 8.82. The number of thiophene rings is 1. The molecule has 0 atom stereocenters. The van der Waals surface area contributed by atoms with Gasteiger partial charge in [-0.05, 0) is 35.6 Å². The highest BCUT2D eigenvalue weighted by Crippen LogP contribution is 2.35. The summed E-state index contributed by atoms with van der Waals surface area (Å²) in [5.41, 5.74) is 0.873. The molecule has 0 spiro atoms. The standard InChI is InChI=1S/C23H16ClF3N6OS/c1-13-5-2-3-6-14(13)11-32-12-15(10-28-32)29-22(34)20-19(24)21-30-16(17-7-4-8-35-17)9-18(23(25,26)27)33(21)31-20/h2-10,12H,11H2,1H3,(H,29,34). The Balaban J connectivity index is 1.46. The van der Waals surface area contributed by atoms with Crippen molar-refractivity contribution in [2.45, 2.75) is 19.6 Å². The van der Waals surface area contributed by atoms with E-state index in [9.17, 15) is 18.0 Å². The van der Waals surface area contributed by atoms with E-state index in [0.29, 0.717) is 21.6 Å². The molecule has 0 aliphatic heterocycles. The lowest BCUT2D eigenvalue weighted by Gasteiger charge is -2.10. The highest BCUT2D eigenvalue weighted by molar-refractivity contribution is 7.13.